The molecule has 1 atom stereocenters. The lowest BCUT2D eigenvalue weighted by Gasteiger charge is -2.44. The van der Waals surface area contributed by atoms with Crippen molar-refractivity contribution in [1.29, 1.82) is 0 Å². The van der Waals surface area contributed by atoms with Gasteiger partial charge in [-0.3, -0.25) is 0 Å². The number of ether oxygens (including phenoxy) is 1. The monoisotopic (exact) mass is 373 g/mol. The molecule has 1 aliphatic carbocycles. The van der Waals surface area contributed by atoms with Crippen molar-refractivity contribution in [3.8, 4) is 0 Å². The summed E-state index contributed by atoms with van der Waals surface area (Å²) in [5.74, 6) is 0.807. The number of benzene rings is 1. The number of nitrogens with one attached hydrogen (secondary N) is 1. The second kappa shape index (κ2) is 7.45. The second-order valence-electron chi connectivity index (χ2n) is 6.23. The van der Waals surface area contributed by atoms with Gasteiger partial charge in [0.15, 0.2) is 0 Å². The summed E-state index contributed by atoms with van der Waals surface area (Å²) in [6.07, 6.45) is 5.60. The van der Waals surface area contributed by atoms with Crippen molar-refractivity contribution in [2.45, 2.75) is 50.7 Å². The van der Waals surface area contributed by atoms with Gasteiger partial charge in [0.2, 0.25) is 0 Å². The van der Waals surface area contributed by atoms with Crippen molar-refractivity contribution in [3.63, 3.8) is 0 Å². The van der Waals surface area contributed by atoms with Crippen LogP contribution in [0.15, 0.2) is 22.7 Å². The van der Waals surface area contributed by atoms with Crippen molar-refractivity contribution in [1.82, 2.24) is 5.32 Å². The van der Waals surface area contributed by atoms with E-state index < -0.39 is 0 Å². The number of methoxy groups -OCH3 is 1. The van der Waals surface area contributed by atoms with Crippen molar-refractivity contribution in [2.75, 3.05) is 14.2 Å². The van der Waals surface area contributed by atoms with Crippen LogP contribution in [0, 0.1) is 5.92 Å². The number of hydrogen-bond donors (Lipinski definition) is 1. The Hall–Kier alpha value is -0.0900. The molecule has 2 rings (SSSR count). The van der Waals surface area contributed by atoms with E-state index in [9.17, 15) is 0 Å². The summed E-state index contributed by atoms with van der Waals surface area (Å²) in [5, 5.41) is 4.29. The van der Waals surface area contributed by atoms with Crippen LogP contribution in [0.1, 0.15) is 38.2 Å². The van der Waals surface area contributed by atoms with E-state index in [-0.39, 0.29) is 11.6 Å². The molecule has 1 fully saturated rings. The van der Waals surface area contributed by atoms with E-state index in [0.717, 1.165) is 34.7 Å². The smallest absolute Gasteiger partial charge is 0.0834 e. The summed E-state index contributed by atoms with van der Waals surface area (Å²) in [5.41, 5.74) is 1.10. The predicted molar refractivity (Wildman–Crippen MR) is 93.1 cm³/mol. The molecule has 2 nitrogen and oxygen atoms in total. The highest BCUT2D eigenvalue weighted by Gasteiger charge is 2.40. The Morgan fingerprint density at radius 1 is 1.43 bits per heavy atom. The van der Waals surface area contributed by atoms with Crippen LogP contribution in [0.5, 0.6) is 0 Å². The molecule has 1 N–H and O–H groups in total. The van der Waals surface area contributed by atoms with Gasteiger partial charge in [-0.25, -0.2) is 0 Å². The molecule has 0 aromatic heterocycles. The molecule has 0 saturated heterocycles. The van der Waals surface area contributed by atoms with Gasteiger partial charge in [-0.05, 0) is 62.8 Å². The second-order valence-corrected chi connectivity index (χ2v) is 7.56. The fourth-order valence-corrected chi connectivity index (χ4v) is 4.15. The number of hydrogen-bond acceptors (Lipinski definition) is 2. The van der Waals surface area contributed by atoms with Gasteiger partial charge in [-0.2, -0.15) is 0 Å². The highest BCUT2D eigenvalue weighted by Crippen LogP contribution is 2.38. The highest BCUT2D eigenvalue weighted by molar-refractivity contribution is 9.10. The molecule has 1 aliphatic rings. The van der Waals surface area contributed by atoms with E-state index in [1.54, 1.807) is 0 Å². The Balaban J connectivity index is 2.17. The molecule has 4 heteroatoms. The van der Waals surface area contributed by atoms with Gasteiger partial charge in [-0.1, -0.05) is 40.5 Å². The van der Waals surface area contributed by atoms with Gasteiger partial charge in [0.05, 0.1) is 5.60 Å². The molecule has 118 valence electrons. The topological polar surface area (TPSA) is 21.3 Å². The lowest BCUT2D eigenvalue weighted by molar-refractivity contribution is -0.0730. The maximum Gasteiger partial charge on any atom is 0.0834 e. The molecule has 0 aliphatic heterocycles. The number of halogens is 2. The maximum atomic E-state index is 6.38. The van der Waals surface area contributed by atoms with Crippen LogP contribution in [0.3, 0.4) is 0 Å². The first-order chi connectivity index (χ1) is 10.0. The average molecular weight is 375 g/mol. The van der Waals surface area contributed by atoms with Gasteiger partial charge in [0, 0.05) is 22.6 Å². The van der Waals surface area contributed by atoms with Gasteiger partial charge in [-0.15, -0.1) is 0 Å². The van der Waals surface area contributed by atoms with Crippen molar-refractivity contribution in [2.24, 2.45) is 5.92 Å². The maximum absolute atomic E-state index is 6.38. The largest absolute Gasteiger partial charge is 0.377 e. The van der Waals surface area contributed by atoms with E-state index in [1.165, 1.54) is 18.4 Å². The molecule has 0 amide bonds. The predicted octanol–water partition coefficient (Wildman–Crippen LogP) is 4.83. The van der Waals surface area contributed by atoms with E-state index in [2.05, 4.69) is 40.3 Å². The first kappa shape index (κ1) is 17.3. The minimum absolute atomic E-state index is 0.0718. The SMILES string of the molecule is CNC(Cc1ccc(Br)cc1Cl)C1(OC)CCC(C)CC1. The zero-order valence-electron chi connectivity index (χ0n) is 13.1. The van der Waals surface area contributed by atoms with Crippen molar-refractivity contribution < 1.29 is 4.74 Å². The van der Waals surface area contributed by atoms with Crippen LogP contribution in [0.4, 0.5) is 0 Å². The van der Waals surface area contributed by atoms with Crippen LogP contribution >= 0.6 is 27.5 Å². The third-order valence-electron chi connectivity index (χ3n) is 4.95. The van der Waals surface area contributed by atoms with Crippen LogP contribution in [0.25, 0.3) is 0 Å². The minimum Gasteiger partial charge on any atom is -0.377 e. The van der Waals surface area contributed by atoms with Crippen LogP contribution in [0.2, 0.25) is 5.02 Å². The van der Waals surface area contributed by atoms with Crippen LogP contribution < -0.4 is 5.32 Å². The van der Waals surface area contributed by atoms with Gasteiger partial charge < -0.3 is 10.1 Å². The van der Waals surface area contributed by atoms with Crippen molar-refractivity contribution >= 4 is 27.5 Å². The van der Waals surface area contributed by atoms with E-state index >= 15 is 0 Å². The molecule has 21 heavy (non-hydrogen) atoms. The highest BCUT2D eigenvalue weighted by atomic mass is 79.9. The summed E-state index contributed by atoms with van der Waals surface area (Å²) in [7, 11) is 3.87. The zero-order valence-corrected chi connectivity index (χ0v) is 15.4. The number of rotatable bonds is 5. The Bertz CT molecular complexity index is 472. The minimum atomic E-state index is -0.0718. The summed E-state index contributed by atoms with van der Waals surface area (Å²) in [6, 6.07) is 6.40. The Morgan fingerprint density at radius 2 is 2.10 bits per heavy atom. The molecule has 0 spiro atoms. The fourth-order valence-electron chi connectivity index (χ4n) is 3.40. The molecule has 1 aromatic carbocycles. The Kier molecular flexibility index (Phi) is 6.13. The molecule has 1 unspecified atom stereocenters. The molecule has 1 aromatic rings. The Labute approximate surface area is 141 Å². The molecular weight excluding hydrogens is 350 g/mol. The van der Waals surface area contributed by atoms with Gasteiger partial charge >= 0.3 is 0 Å². The summed E-state index contributed by atoms with van der Waals surface area (Å²) in [6.45, 7) is 2.33. The normalized spacial score (nSPS) is 27.6. The lowest BCUT2D eigenvalue weighted by atomic mass is 9.74. The summed E-state index contributed by atoms with van der Waals surface area (Å²) >= 11 is 9.84. The first-order valence-corrected chi connectivity index (χ1v) is 8.84. The summed E-state index contributed by atoms with van der Waals surface area (Å²) in [4.78, 5) is 0. The van der Waals surface area contributed by atoms with Crippen LogP contribution in [-0.2, 0) is 11.2 Å². The molecule has 1 saturated carbocycles. The molecule has 0 radical (unpaired) electrons. The summed E-state index contributed by atoms with van der Waals surface area (Å²) < 4.78 is 7.02. The van der Waals surface area contributed by atoms with Crippen molar-refractivity contribution in [3.05, 3.63) is 33.3 Å². The van der Waals surface area contributed by atoms with E-state index in [4.69, 9.17) is 16.3 Å². The standard InChI is InChI=1S/C17H25BrClNO/c1-12-6-8-17(21-3,9-7-12)16(20-2)10-13-4-5-14(18)11-15(13)19/h4-5,11-12,16,20H,6-10H2,1-3H3. The lowest BCUT2D eigenvalue weighted by Crippen LogP contribution is -2.54. The quantitative estimate of drug-likeness (QED) is 0.797. The molecule has 0 heterocycles. The van der Waals surface area contributed by atoms with E-state index in [1.807, 2.05) is 20.2 Å². The first-order valence-electron chi connectivity index (χ1n) is 7.67. The average Bonchev–Trinajstić information content (AvgIpc) is 2.48. The van der Waals surface area contributed by atoms with Crippen LogP contribution in [-0.4, -0.2) is 25.8 Å². The zero-order chi connectivity index (χ0) is 15.5. The van der Waals surface area contributed by atoms with Gasteiger partial charge in [0.25, 0.3) is 0 Å². The number of likely N-dealkylation sites (N-methyl/N-ethyl adjacent to an activating group) is 1. The Morgan fingerprint density at radius 3 is 2.62 bits per heavy atom. The third kappa shape index (κ3) is 4.01. The fraction of sp³-hybridized carbons (Fsp3) is 0.647. The molecular formula is C17H25BrClNO. The third-order valence-corrected chi connectivity index (χ3v) is 5.79. The van der Waals surface area contributed by atoms with Gasteiger partial charge in [0.1, 0.15) is 0 Å². The molecule has 0 bridgehead atoms. The van der Waals surface area contributed by atoms with E-state index in [0.29, 0.717) is 0 Å².